The first-order chi connectivity index (χ1) is 7.91. The van der Waals surface area contributed by atoms with Crippen LogP contribution >= 0.6 is 27.3 Å². The van der Waals surface area contributed by atoms with E-state index >= 15 is 0 Å². The first-order valence-corrected chi connectivity index (χ1v) is 6.42. The molecule has 0 saturated carbocycles. The lowest BCUT2D eigenvalue weighted by Crippen LogP contribution is -2.03. The molecule has 90 valence electrons. The summed E-state index contributed by atoms with van der Waals surface area (Å²) in [6.07, 6.45) is -4.44. The molecule has 0 radical (unpaired) electrons. The number of hydrogen-bond acceptors (Lipinski definition) is 3. The third kappa shape index (κ3) is 2.50. The van der Waals surface area contributed by atoms with Gasteiger partial charge in [0, 0.05) is 5.56 Å². The largest absolute Gasteiger partial charge is 0.443 e. The fourth-order valence-corrected chi connectivity index (χ4v) is 2.49. The first kappa shape index (κ1) is 12.5. The molecule has 0 amide bonds. The van der Waals surface area contributed by atoms with Gasteiger partial charge in [-0.15, -0.1) is 11.3 Å². The van der Waals surface area contributed by atoms with Crippen molar-refractivity contribution >= 4 is 43.3 Å². The van der Waals surface area contributed by atoms with Crippen molar-refractivity contribution < 1.29 is 18.0 Å². The molecule has 7 heteroatoms. The van der Waals surface area contributed by atoms with Crippen LogP contribution in [0, 0.1) is 0 Å². The van der Waals surface area contributed by atoms with Crippen molar-refractivity contribution in [2.75, 3.05) is 5.33 Å². The Kier molecular flexibility index (Phi) is 3.22. The van der Waals surface area contributed by atoms with E-state index in [0.29, 0.717) is 21.6 Å². The number of ketones is 1. The fraction of sp³-hybridized carbons (Fsp3) is 0.200. The summed E-state index contributed by atoms with van der Waals surface area (Å²) in [7, 11) is 0. The Labute approximate surface area is 107 Å². The topological polar surface area (TPSA) is 30.0 Å². The number of carbonyl (C=O) groups is 1. The fourth-order valence-electron chi connectivity index (χ4n) is 1.30. The van der Waals surface area contributed by atoms with Gasteiger partial charge in [0.25, 0.3) is 0 Å². The van der Waals surface area contributed by atoms with Crippen LogP contribution in [0.5, 0.6) is 0 Å². The van der Waals surface area contributed by atoms with Crippen LogP contribution in [-0.4, -0.2) is 16.1 Å². The summed E-state index contributed by atoms with van der Waals surface area (Å²) in [6.45, 7) is 0. The van der Waals surface area contributed by atoms with Gasteiger partial charge in [0.1, 0.15) is 0 Å². The molecule has 0 aliphatic rings. The maximum atomic E-state index is 12.4. The van der Waals surface area contributed by atoms with E-state index in [1.54, 1.807) is 0 Å². The van der Waals surface area contributed by atoms with Crippen molar-refractivity contribution in [2.45, 2.75) is 6.18 Å². The van der Waals surface area contributed by atoms with Gasteiger partial charge in [0.05, 0.1) is 15.5 Å². The molecule has 0 bridgehead atoms. The van der Waals surface area contributed by atoms with Gasteiger partial charge < -0.3 is 0 Å². The SMILES string of the molecule is O=C(CBr)c1ccc2nc(C(F)(F)F)sc2c1. The highest BCUT2D eigenvalue weighted by molar-refractivity contribution is 9.09. The molecule has 2 nitrogen and oxygen atoms in total. The Morgan fingerprint density at radius 1 is 1.41 bits per heavy atom. The van der Waals surface area contributed by atoms with Crippen molar-refractivity contribution in [3.05, 3.63) is 28.8 Å². The summed E-state index contributed by atoms with van der Waals surface area (Å²) < 4.78 is 37.6. The van der Waals surface area contributed by atoms with Crippen molar-refractivity contribution in [1.29, 1.82) is 0 Å². The molecule has 0 unspecified atom stereocenters. The van der Waals surface area contributed by atoms with Crippen LogP contribution < -0.4 is 0 Å². The third-order valence-corrected chi connectivity index (χ3v) is 3.65. The standard InChI is InChI=1S/C10H5BrF3NOS/c11-4-7(16)5-1-2-6-8(3-5)17-9(15-6)10(12,13)14/h1-3H,4H2. The lowest BCUT2D eigenvalue weighted by atomic mass is 10.1. The smallest absolute Gasteiger partial charge is 0.293 e. The van der Waals surface area contributed by atoms with Gasteiger partial charge >= 0.3 is 6.18 Å². The lowest BCUT2D eigenvalue weighted by molar-refractivity contribution is -0.137. The predicted molar refractivity (Wildman–Crippen MR) is 62.7 cm³/mol. The summed E-state index contributed by atoms with van der Waals surface area (Å²) in [5.74, 6) is -0.172. The zero-order valence-electron chi connectivity index (χ0n) is 8.21. The molecule has 0 spiro atoms. The highest BCUT2D eigenvalue weighted by Gasteiger charge is 2.34. The second kappa shape index (κ2) is 4.38. The number of carbonyl (C=O) groups excluding carboxylic acids is 1. The van der Waals surface area contributed by atoms with E-state index < -0.39 is 11.2 Å². The summed E-state index contributed by atoms with van der Waals surface area (Å²) in [6, 6.07) is 4.34. The Balaban J connectivity index is 2.52. The average Bonchev–Trinajstić information content (AvgIpc) is 2.70. The lowest BCUT2D eigenvalue weighted by Gasteiger charge is -1.98. The van der Waals surface area contributed by atoms with E-state index in [2.05, 4.69) is 20.9 Å². The van der Waals surface area contributed by atoms with Gasteiger partial charge in [-0.2, -0.15) is 13.2 Å². The normalized spacial score (nSPS) is 12.0. The molecule has 1 heterocycles. The number of alkyl halides is 4. The quantitative estimate of drug-likeness (QED) is 0.620. The zero-order valence-corrected chi connectivity index (χ0v) is 10.6. The molecule has 17 heavy (non-hydrogen) atoms. The molecule has 2 aromatic rings. The van der Waals surface area contributed by atoms with Crippen molar-refractivity contribution in [3.63, 3.8) is 0 Å². The summed E-state index contributed by atoms with van der Waals surface area (Å²) in [5, 5.41) is -0.750. The number of rotatable bonds is 2. The summed E-state index contributed by atoms with van der Waals surface area (Å²) in [5.41, 5.74) is 0.639. The van der Waals surface area contributed by atoms with Crippen molar-refractivity contribution in [2.24, 2.45) is 0 Å². The number of Topliss-reactive ketones (excluding diaryl/α,β-unsaturated/α-hetero) is 1. The molecule has 0 N–H and O–H groups in total. The van der Waals surface area contributed by atoms with E-state index in [-0.39, 0.29) is 16.6 Å². The van der Waals surface area contributed by atoms with E-state index in [1.165, 1.54) is 18.2 Å². The van der Waals surface area contributed by atoms with Crippen LogP contribution in [0.2, 0.25) is 0 Å². The molecule has 1 aromatic heterocycles. The zero-order chi connectivity index (χ0) is 12.6. The molecule has 0 saturated heterocycles. The molecule has 0 aliphatic heterocycles. The minimum atomic E-state index is -4.44. The van der Waals surface area contributed by atoms with Crippen molar-refractivity contribution in [1.82, 2.24) is 4.98 Å². The van der Waals surface area contributed by atoms with Gasteiger partial charge in [0.15, 0.2) is 10.8 Å². The molecular formula is C10H5BrF3NOS. The number of nitrogens with zero attached hydrogens (tertiary/aromatic N) is 1. The second-order valence-electron chi connectivity index (χ2n) is 3.26. The van der Waals surface area contributed by atoms with Gasteiger partial charge in [-0.3, -0.25) is 4.79 Å². The van der Waals surface area contributed by atoms with E-state index in [1.807, 2.05) is 0 Å². The third-order valence-electron chi connectivity index (χ3n) is 2.07. The maximum absolute atomic E-state index is 12.4. The van der Waals surface area contributed by atoms with E-state index in [9.17, 15) is 18.0 Å². The molecule has 0 fully saturated rings. The summed E-state index contributed by atoms with van der Waals surface area (Å²) >= 11 is 3.55. The molecule has 0 atom stereocenters. The Morgan fingerprint density at radius 2 is 2.12 bits per heavy atom. The molecule has 1 aromatic carbocycles. The number of hydrogen-bond donors (Lipinski definition) is 0. The average molecular weight is 324 g/mol. The van der Waals surface area contributed by atoms with Crippen LogP contribution in [0.1, 0.15) is 15.4 Å². The Hall–Kier alpha value is -0.950. The van der Waals surface area contributed by atoms with E-state index in [4.69, 9.17) is 0 Å². The van der Waals surface area contributed by atoms with Gasteiger partial charge in [-0.25, -0.2) is 4.98 Å². The highest BCUT2D eigenvalue weighted by atomic mass is 79.9. The van der Waals surface area contributed by atoms with Crippen LogP contribution in [0.4, 0.5) is 13.2 Å². The maximum Gasteiger partial charge on any atom is 0.443 e. The number of benzene rings is 1. The molecular weight excluding hydrogens is 319 g/mol. The highest BCUT2D eigenvalue weighted by Crippen LogP contribution is 2.35. The minimum absolute atomic E-state index is 0.142. The molecule has 0 aliphatic carbocycles. The Morgan fingerprint density at radius 3 is 2.71 bits per heavy atom. The van der Waals surface area contributed by atoms with Gasteiger partial charge in [-0.1, -0.05) is 15.9 Å². The Bertz CT molecular complexity index is 578. The van der Waals surface area contributed by atoms with Gasteiger partial charge in [-0.05, 0) is 18.2 Å². The van der Waals surface area contributed by atoms with Crippen molar-refractivity contribution in [3.8, 4) is 0 Å². The minimum Gasteiger partial charge on any atom is -0.293 e. The van der Waals surface area contributed by atoms with Crippen LogP contribution in [0.25, 0.3) is 10.2 Å². The monoisotopic (exact) mass is 323 g/mol. The molecule has 2 rings (SSSR count). The summed E-state index contributed by atoms with van der Waals surface area (Å²) in [4.78, 5) is 14.9. The van der Waals surface area contributed by atoms with Crippen LogP contribution in [-0.2, 0) is 6.18 Å². The second-order valence-corrected chi connectivity index (χ2v) is 4.85. The number of halogens is 4. The van der Waals surface area contributed by atoms with Gasteiger partial charge in [0.2, 0.25) is 0 Å². The number of aromatic nitrogens is 1. The van der Waals surface area contributed by atoms with Crippen LogP contribution in [0.3, 0.4) is 0 Å². The first-order valence-electron chi connectivity index (χ1n) is 4.49. The van der Waals surface area contributed by atoms with Crippen LogP contribution in [0.15, 0.2) is 18.2 Å². The van der Waals surface area contributed by atoms with E-state index in [0.717, 1.165) is 0 Å². The number of fused-ring (bicyclic) bond motifs is 1. The predicted octanol–water partition coefficient (Wildman–Crippen LogP) is 3.89. The number of thiazole rings is 1.